The van der Waals surface area contributed by atoms with E-state index in [-0.39, 0.29) is 18.0 Å². The van der Waals surface area contributed by atoms with E-state index >= 15 is 0 Å². The molecule has 0 spiro atoms. The van der Waals surface area contributed by atoms with Gasteiger partial charge in [0.05, 0.1) is 18.6 Å². The monoisotopic (exact) mass is 286 g/mol. The molecule has 0 amide bonds. The van der Waals surface area contributed by atoms with Crippen LogP contribution in [0.3, 0.4) is 0 Å². The van der Waals surface area contributed by atoms with Gasteiger partial charge in [-0.1, -0.05) is 48.0 Å². The molecule has 1 atom stereocenters. The van der Waals surface area contributed by atoms with Crippen molar-refractivity contribution < 1.29 is 14.6 Å². The van der Waals surface area contributed by atoms with Crippen LogP contribution in [0.15, 0.2) is 0 Å². The van der Waals surface area contributed by atoms with Gasteiger partial charge in [0.2, 0.25) is 0 Å². The average Bonchev–Trinajstić information content (AvgIpc) is 2.26. The third kappa shape index (κ3) is 10.2. The molecule has 0 rings (SSSR count). The molecule has 0 radical (unpaired) electrons. The van der Waals surface area contributed by atoms with Crippen molar-refractivity contribution in [2.75, 3.05) is 6.61 Å². The molecule has 0 aromatic heterocycles. The second-order valence-corrected chi connectivity index (χ2v) is 7.42. The summed E-state index contributed by atoms with van der Waals surface area (Å²) >= 11 is 0. The van der Waals surface area contributed by atoms with Crippen LogP contribution in [0.2, 0.25) is 0 Å². The van der Waals surface area contributed by atoms with Gasteiger partial charge in [0, 0.05) is 6.42 Å². The van der Waals surface area contributed by atoms with E-state index in [1.54, 1.807) is 0 Å². The molecule has 0 aliphatic carbocycles. The topological polar surface area (TPSA) is 46.5 Å². The van der Waals surface area contributed by atoms with E-state index < -0.39 is 0 Å². The Balaban J connectivity index is 3.73. The Morgan fingerprint density at radius 3 is 2.25 bits per heavy atom. The molecule has 0 aromatic carbocycles. The fourth-order valence-electron chi connectivity index (χ4n) is 2.63. The Hall–Kier alpha value is -0.570. The Labute approximate surface area is 125 Å². The van der Waals surface area contributed by atoms with Gasteiger partial charge in [-0.15, -0.1) is 0 Å². The Bertz CT molecular complexity index is 269. The molecule has 0 aromatic rings. The highest BCUT2D eigenvalue weighted by molar-refractivity contribution is 5.71. The Morgan fingerprint density at radius 2 is 1.75 bits per heavy atom. The lowest BCUT2D eigenvalue weighted by Crippen LogP contribution is -2.18. The molecule has 0 bridgehead atoms. The number of hydrogen-bond donors (Lipinski definition) is 1. The van der Waals surface area contributed by atoms with Crippen molar-refractivity contribution >= 4 is 5.97 Å². The first-order chi connectivity index (χ1) is 9.14. The van der Waals surface area contributed by atoms with Gasteiger partial charge in [-0.2, -0.15) is 0 Å². The quantitative estimate of drug-likeness (QED) is 0.613. The minimum atomic E-state index is -0.357. The number of carbonyl (C=O) groups excluding carboxylic acids is 1. The molecular weight excluding hydrogens is 252 g/mol. The maximum Gasteiger partial charge on any atom is 0.308 e. The third-order valence-corrected chi connectivity index (χ3v) is 3.52. The van der Waals surface area contributed by atoms with E-state index in [9.17, 15) is 9.90 Å². The van der Waals surface area contributed by atoms with E-state index in [0.717, 1.165) is 19.3 Å². The fourth-order valence-corrected chi connectivity index (χ4v) is 2.63. The first-order valence-electron chi connectivity index (χ1n) is 7.99. The zero-order chi connectivity index (χ0) is 15.8. The van der Waals surface area contributed by atoms with Crippen LogP contribution in [0.25, 0.3) is 0 Å². The number of rotatable bonds is 10. The third-order valence-electron chi connectivity index (χ3n) is 3.52. The normalized spacial score (nSPS) is 13.8. The van der Waals surface area contributed by atoms with Gasteiger partial charge in [0.15, 0.2) is 0 Å². The molecule has 3 nitrogen and oxygen atoms in total. The van der Waals surface area contributed by atoms with Gasteiger partial charge in [-0.05, 0) is 30.6 Å². The molecule has 0 saturated carbocycles. The van der Waals surface area contributed by atoms with Crippen LogP contribution in [0.1, 0.15) is 73.6 Å². The van der Waals surface area contributed by atoms with Crippen molar-refractivity contribution in [2.24, 2.45) is 17.3 Å². The van der Waals surface area contributed by atoms with Crippen molar-refractivity contribution in [2.45, 2.75) is 79.8 Å². The minimum absolute atomic E-state index is 0.0935. The van der Waals surface area contributed by atoms with Crippen molar-refractivity contribution in [3.8, 4) is 0 Å². The Kier molecular flexibility index (Phi) is 9.11. The molecule has 20 heavy (non-hydrogen) atoms. The molecule has 3 heteroatoms. The predicted molar refractivity (Wildman–Crippen MR) is 83.5 cm³/mol. The molecule has 1 N–H and O–H groups in total. The van der Waals surface area contributed by atoms with Crippen molar-refractivity contribution in [3.63, 3.8) is 0 Å². The lowest BCUT2D eigenvalue weighted by atomic mass is 9.79. The number of esters is 1. The summed E-state index contributed by atoms with van der Waals surface area (Å²) in [6.45, 7) is 13.0. The summed E-state index contributed by atoms with van der Waals surface area (Å²) in [6, 6.07) is 0. The van der Waals surface area contributed by atoms with Gasteiger partial charge in [0.25, 0.3) is 0 Å². The lowest BCUT2D eigenvalue weighted by Gasteiger charge is -2.27. The molecule has 120 valence electrons. The SMILES string of the molecule is CC(C)CC(C)(C)CCCC(O)CCOC(=O)C(C)C. The van der Waals surface area contributed by atoms with E-state index in [1.165, 1.54) is 6.42 Å². The number of carbonyl (C=O) groups is 1. The van der Waals surface area contributed by atoms with Gasteiger partial charge in [-0.3, -0.25) is 4.79 Å². The maximum absolute atomic E-state index is 11.3. The van der Waals surface area contributed by atoms with Crippen LogP contribution >= 0.6 is 0 Å². The highest BCUT2D eigenvalue weighted by Gasteiger charge is 2.19. The first-order valence-corrected chi connectivity index (χ1v) is 7.99. The largest absolute Gasteiger partial charge is 0.465 e. The van der Waals surface area contributed by atoms with E-state index in [1.807, 2.05) is 13.8 Å². The molecule has 0 heterocycles. The maximum atomic E-state index is 11.3. The van der Waals surface area contributed by atoms with Crippen molar-refractivity contribution in [1.29, 1.82) is 0 Å². The first kappa shape index (κ1) is 19.4. The van der Waals surface area contributed by atoms with Gasteiger partial charge >= 0.3 is 5.97 Å². The van der Waals surface area contributed by atoms with E-state index in [2.05, 4.69) is 27.7 Å². The second kappa shape index (κ2) is 9.38. The summed E-state index contributed by atoms with van der Waals surface area (Å²) < 4.78 is 5.08. The van der Waals surface area contributed by atoms with Gasteiger partial charge in [0.1, 0.15) is 0 Å². The number of aliphatic hydroxyl groups is 1. The smallest absolute Gasteiger partial charge is 0.308 e. The van der Waals surface area contributed by atoms with Crippen molar-refractivity contribution in [3.05, 3.63) is 0 Å². The van der Waals surface area contributed by atoms with Crippen LogP contribution in [-0.4, -0.2) is 23.8 Å². The number of hydrogen-bond acceptors (Lipinski definition) is 3. The summed E-state index contributed by atoms with van der Waals surface area (Å²) in [5.74, 6) is 0.435. The van der Waals surface area contributed by atoms with Gasteiger partial charge < -0.3 is 9.84 Å². The van der Waals surface area contributed by atoms with Crippen LogP contribution in [0.4, 0.5) is 0 Å². The fraction of sp³-hybridized carbons (Fsp3) is 0.941. The van der Waals surface area contributed by atoms with Crippen LogP contribution < -0.4 is 0 Å². The second-order valence-electron chi connectivity index (χ2n) is 7.42. The summed E-state index contributed by atoms with van der Waals surface area (Å²) in [7, 11) is 0. The number of ether oxygens (including phenoxy) is 1. The van der Waals surface area contributed by atoms with Crippen LogP contribution in [0.5, 0.6) is 0 Å². The lowest BCUT2D eigenvalue weighted by molar-refractivity contribution is -0.147. The average molecular weight is 286 g/mol. The Morgan fingerprint density at radius 1 is 1.15 bits per heavy atom. The minimum Gasteiger partial charge on any atom is -0.465 e. The highest BCUT2D eigenvalue weighted by Crippen LogP contribution is 2.31. The number of aliphatic hydroxyl groups excluding tert-OH is 1. The summed E-state index contributed by atoms with van der Waals surface area (Å²) in [6.07, 6.45) is 4.36. The molecule has 0 saturated heterocycles. The standard InChI is InChI=1S/C17H34O3/c1-13(2)12-17(5,6)10-7-8-15(18)9-11-20-16(19)14(3)4/h13-15,18H,7-12H2,1-6H3. The van der Waals surface area contributed by atoms with Gasteiger partial charge in [-0.25, -0.2) is 0 Å². The summed E-state index contributed by atoms with van der Waals surface area (Å²) in [4.78, 5) is 11.3. The molecule has 0 aliphatic rings. The van der Waals surface area contributed by atoms with E-state index in [4.69, 9.17) is 4.74 Å². The zero-order valence-electron chi connectivity index (χ0n) is 14.2. The van der Waals surface area contributed by atoms with Crippen LogP contribution in [0, 0.1) is 17.3 Å². The molecule has 1 unspecified atom stereocenters. The molecule has 0 aliphatic heterocycles. The molecule has 0 fully saturated rings. The zero-order valence-corrected chi connectivity index (χ0v) is 14.2. The molecular formula is C17H34O3. The summed E-state index contributed by atoms with van der Waals surface area (Å²) in [5.41, 5.74) is 0.345. The van der Waals surface area contributed by atoms with E-state index in [0.29, 0.717) is 24.4 Å². The highest BCUT2D eigenvalue weighted by atomic mass is 16.5. The predicted octanol–water partition coefficient (Wildman–Crippen LogP) is 4.18. The van der Waals surface area contributed by atoms with Crippen molar-refractivity contribution in [1.82, 2.24) is 0 Å². The van der Waals surface area contributed by atoms with Crippen LogP contribution in [-0.2, 0) is 9.53 Å². The summed E-state index contributed by atoms with van der Waals surface area (Å²) in [5, 5.41) is 9.89.